The second kappa shape index (κ2) is 12.6. The Kier molecular flexibility index (Phi) is 9.20. The Labute approximate surface area is 230 Å². The molecule has 0 aliphatic carbocycles. The molecular weight excluding hydrogens is 545 g/mol. The van der Waals surface area contributed by atoms with Crippen LogP contribution in [0.5, 0.6) is 5.75 Å². The van der Waals surface area contributed by atoms with Crippen molar-refractivity contribution in [3.05, 3.63) is 70.4 Å². The molecule has 3 amide bonds. The van der Waals surface area contributed by atoms with E-state index in [0.29, 0.717) is 24.2 Å². The highest BCUT2D eigenvalue weighted by Gasteiger charge is 2.34. The topological polar surface area (TPSA) is 113 Å². The van der Waals surface area contributed by atoms with Crippen LogP contribution in [0.2, 0.25) is 0 Å². The lowest BCUT2D eigenvalue weighted by atomic mass is 10.2. The number of piperidine rings is 1. The third-order valence-electron chi connectivity index (χ3n) is 6.22. The quantitative estimate of drug-likeness (QED) is 0.453. The zero-order valence-electron chi connectivity index (χ0n) is 21.3. The molecule has 0 aromatic heterocycles. The van der Waals surface area contributed by atoms with E-state index in [1.807, 2.05) is 0 Å². The molecule has 1 N–H and O–H groups in total. The average molecular weight is 574 g/mol. The summed E-state index contributed by atoms with van der Waals surface area (Å²) in [4.78, 5) is 38.5. The van der Waals surface area contributed by atoms with Crippen LogP contribution in [0.25, 0.3) is 12.2 Å². The highest BCUT2D eigenvalue weighted by atomic mass is 32.2. The number of thioether (sulfide) groups is 1. The third-order valence-corrected chi connectivity index (χ3v) is 9.05. The molecule has 0 radical (unpaired) electrons. The van der Waals surface area contributed by atoms with Gasteiger partial charge in [-0.05, 0) is 72.1 Å². The first-order chi connectivity index (χ1) is 18.7. The van der Waals surface area contributed by atoms with Gasteiger partial charge in [0.05, 0.1) is 12.0 Å². The van der Waals surface area contributed by atoms with Crippen LogP contribution in [-0.2, 0) is 19.6 Å². The fourth-order valence-corrected chi connectivity index (χ4v) is 6.74. The lowest BCUT2D eigenvalue weighted by Crippen LogP contribution is -2.36. The van der Waals surface area contributed by atoms with Crippen LogP contribution < -0.4 is 10.1 Å². The molecule has 2 aromatic rings. The monoisotopic (exact) mass is 573 g/mol. The second-order valence-corrected chi connectivity index (χ2v) is 11.8. The van der Waals surface area contributed by atoms with Crippen molar-refractivity contribution in [1.82, 2.24) is 14.5 Å². The molecule has 0 bridgehead atoms. The Morgan fingerprint density at radius 3 is 2.46 bits per heavy atom. The van der Waals surface area contributed by atoms with E-state index in [-0.39, 0.29) is 28.6 Å². The van der Waals surface area contributed by atoms with Gasteiger partial charge in [-0.25, -0.2) is 12.8 Å². The second-order valence-electron chi connectivity index (χ2n) is 8.88. The summed E-state index contributed by atoms with van der Waals surface area (Å²) >= 11 is 0.779. The van der Waals surface area contributed by atoms with Crippen LogP contribution >= 0.6 is 11.8 Å². The van der Waals surface area contributed by atoms with Gasteiger partial charge in [0, 0.05) is 32.3 Å². The van der Waals surface area contributed by atoms with Gasteiger partial charge in [-0.3, -0.25) is 19.3 Å². The summed E-state index contributed by atoms with van der Waals surface area (Å²) in [6, 6.07) is 10.2. The van der Waals surface area contributed by atoms with Gasteiger partial charge in [-0.1, -0.05) is 24.6 Å². The molecule has 0 unspecified atom stereocenters. The number of carbonyl (C=O) groups excluding carboxylic acids is 3. The summed E-state index contributed by atoms with van der Waals surface area (Å²) < 4.78 is 46.2. The van der Waals surface area contributed by atoms with Crippen molar-refractivity contribution in [1.29, 1.82) is 0 Å². The van der Waals surface area contributed by atoms with Crippen LogP contribution in [0.3, 0.4) is 0 Å². The molecule has 2 fully saturated rings. The minimum atomic E-state index is -3.75. The lowest BCUT2D eigenvalue weighted by molar-refractivity contribution is -0.123. The molecule has 0 spiro atoms. The Bertz CT molecular complexity index is 1420. The first kappa shape index (κ1) is 28.5. The summed E-state index contributed by atoms with van der Waals surface area (Å²) in [6.45, 7) is 0.921. The average Bonchev–Trinajstić information content (AvgIpc) is 3.20. The molecule has 4 rings (SSSR count). The zero-order valence-corrected chi connectivity index (χ0v) is 22.9. The van der Waals surface area contributed by atoms with Gasteiger partial charge in [0.2, 0.25) is 15.9 Å². The van der Waals surface area contributed by atoms with Crippen molar-refractivity contribution in [2.24, 2.45) is 0 Å². The van der Waals surface area contributed by atoms with Gasteiger partial charge >= 0.3 is 0 Å². The van der Waals surface area contributed by atoms with E-state index >= 15 is 0 Å². The summed E-state index contributed by atoms with van der Waals surface area (Å²) in [6.07, 6.45) is 6.85. The summed E-state index contributed by atoms with van der Waals surface area (Å²) in [7, 11) is -2.34. The minimum absolute atomic E-state index is 0.0221. The number of amides is 3. The summed E-state index contributed by atoms with van der Waals surface area (Å²) in [5.41, 5.74) is 1.09. The molecule has 0 atom stereocenters. The van der Waals surface area contributed by atoms with E-state index in [2.05, 4.69) is 5.32 Å². The highest BCUT2D eigenvalue weighted by Crippen LogP contribution is 2.32. The number of ether oxygens (including phenoxy) is 1. The number of carbonyl (C=O) groups is 3. The molecule has 2 heterocycles. The zero-order chi connectivity index (χ0) is 28.0. The lowest BCUT2D eigenvalue weighted by Gasteiger charge is -2.26. The van der Waals surface area contributed by atoms with Gasteiger partial charge in [-0.15, -0.1) is 0 Å². The first-order valence-electron chi connectivity index (χ1n) is 12.3. The molecule has 0 saturated carbocycles. The predicted octanol–water partition coefficient (Wildman–Crippen LogP) is 3.87. The van der Waals surface area contributed by atoms with Gasteiger partial charge in [0.15, 0.2) is 0 Å². The minimum Gasteiger partial charge on any atom is -0.495 e. The van der Waals surface area contributed by atoms with E-state index in [4.69, 9.17) is 4.74 Å². The number of nitrogens with one attached hydrogen (secondary N) is 1. The number of hydrogen-bond acceptors (Lipinski definition) is 7. The van der Waals surface area contributed by atoms with Crippen LogP contribution in [-0.4, -0.2) is 68.0 Å². The van der Waals surface area contributed by atoms with Crippen molar-refractivity contribution < 1.29 is 31.9 Å². The van der Waals surface area contributed by atoms with Crippen molar-refractivity contribution in [3.8, 4) is 5.75 Å². The van der Waals surface area contributed by atoms with E-state index in [1.165, 1.54) is 60.0 Å². The molecular formula is C27H28FN3O6S2. The maximum absolute atomic E-state index is 13.2. The molecule has 206 valence electrons. The number of rotatable bonds is 9. The molecule has 2 aromatic carbocycles. The van der Waals surface area contributed by atoms with Crippen molar-refractivity contribution in [2.45, 2.75) is 24.2 Å². The maximum atomic E-state index is 13.2. The Balaban J connectivity index is 1.35. The van der Waals surface area contributed by atoms with E-state index < -0.39 is 32.9 Å². The van der Waals surface area contributed by atoms with Crippen molar-refractivity contribution >= 4 is 51.0 Å². The molecule has 2 aliphatic heterocycles. The highest BCUT2D eigenvalue weighted by molar-refractivity contribution is 8.18. The van der Waals surface area contributed by atoms with Gasteiger partial charge < -0.3 is 10.1 Å². The van der Waals surface area contributed by atoms with Gasteiger partial charge in [0.1, 0.15) is 16.5 Å². The molecule has 12 heteroatoms. The molecule has 2 saturated heterocycles. The standard InChI is InChI=1S/C27H28FN3O6S2/c1-37-22-11-7-20(18-24(22)39(35,36)30-14-3-2-4-15-30)8-12-25(32)29-13-16-31-26(33)23(38-27(31)34)17-19-5-9-21(28)10-6-19/h5-12,17-18H,2-4,13-16H2,1H3,(H,29,32)/b12-8+,23-17-. The van der Waals surface area contributed by atoms with Crippen molar-refractivity contribution in [2.75, 3.05) is 33.3 Å². The fourth-order valence-electron chi connectivity index (χ4n) is 4.17. The molecule has 9 nitrogen and oxygen atoms in total. The SMILES string of the molecule is COc1ccc(/C=C/C(=O)NCCN2C(=O)S/C(=C\c3ccc(F)cc3)C2=O)cc1S(=O)(=O)N1CCCCC1. The fraction of sp³-hybridized carbons (Fsp3) is 0.296. The maximum Gasteiger partial charge on any atom is 0.293 e. The smallest absolute Gasteiger partial charge is 0.293 e. The van der Waals surface area contributed by atoms with Gasteiger partial charge in [0.25, 0.3) is 11.1 Å². The number of halogens is 1. The molecule has 39 heavy (non-hydrogen) atoms. The Morgan fingerprint density at radius 1 is 1.08 bits per heavy atom. The van der Waals surface area contributed by atoms with Crippen LogP contribution in [0.15, 0.2) is 58.3 Å². The first-order valence-corrected chi connectivity index (χ1v) is 14.6. The number of methoxy groups -OCH3 is 1. The Hall–Kier alpha value is -3.48. The summed E-state index contributed by atoms with van der Waals surface area (Å²) in [5, 5.41) is 2.16. The Morgan fingerprint density at radius 2 is 1.77 bits per heavy atom. The number of nitrogens with zero attached hydrogens (tertiary/aromatic N) is 2. The summed E-state index contributed by atoms with van der Waals surface area (Å²) in [5.74, 6) is -1.13. The van der Waals surface area contributed by atoms with Crippen LogP contribution in [0, 0.1) is 5.82 Å². The predicted molar refractivity (Wildman–Crippen MR) is 147 cm³/mol. The molecule has 2 aliphatic rings. The van der Waals surface area contributed by atoms with Crippen LogP contribution in [0.1, 0.15) is 30.4 Å². The number of benzene rings is 2. The van der Waals surface area contributed by atoms with E-state index in [9.17, 15) is 27.2 Å². The van der Waals surface area contributed by atoms with Crippen LogP contribution in [0.4, 0.5) is 9.18 Å². The number of imide groups is 1. The largest absolute Gasteiger partial charge is 0.495 e. The van der Waals surface area contributed by atoms with E-state index in [0.717, 1.165) is 35.9 Å². The number of sulfonamides is 1. The van der Waals surface area contributed by atoms with Crippen molar-refractivity contribution in [3.63, 3.8) is 0 Å². The normalized spacial score (nSPS) is 17.8. The van der Waals surface area contributed by atoms with Gasteiger partial charge in [-0.2, -0.15) is 4.31 Å². The third kappa shape index (κ3) is 6.94. The van der Waals surface area contributed by atoms with E-state index in [1.54, 1.807) is 12.1 Å². The number of hydrogen-bond donors (Lipinski definition) is 1.